The number of benzene rings is 1. The Labute approximate surface area is 130 Å². The molecule has 1 heterocycles. The van der Waals surface area contributed by atoms with Crippen LogP contribution >= 0.6 is 22.9 Å². The number of hydrogen-bond acceptors (Lipinski definition) is 6. The summed E-state index contributed by atoms with van der Waals surface area (Å²) >= 11 is 6.56. The second-order valence-corrected chi connectivity index (χ2v) is 7.56. The van der Waals surface area contributed by atoms with E-state index in [9.17, 15) is 13.2 Å². The lowest BCUT2D eigenvalue weighted by Crippen LogP contribution is -2.26. The molecule has 1 aromatic carbocycles. The van der Waals surface area contributed by atoms with Gasteiger partial charge in [-0.2, -0.15) is 8.42 Å². The van der Waals surface area contributed by atoms with Crippen molar-refractivity contribution in [3.63, 3.8) is 0 Å². The van der Waals surface area contributed by atoms with E-state index in [-0.39, 0.29) is 15.4 Å². The van der Waals surface area contributed by atoms with Crippen LogP contribution in [0.3, 0.4) is 0 Å². The second kappa shape index (κ2) is 5.96. The van der Waals surface area contributed by atoms with Crippen LogP contribution in [0.15, 0.2) is 28.6 Å². The number of hydrogen-bond donors (Lipinski definition) is 1. The van der Waals surface area contributed by atoms with E-state index in [1.807, 2.05) is 0 Å². The maximum Gasteiger partial charge on any atom is 0.293 e. The second-order valence-electron chi connectivity index (χ2n) is 4.00. The van der Waals surface area contributed by atoms with Gasteiger partial charge in [0, 0.05) is 19.0 Å². The number of sulfonamides is 1. The maximum absolute atomic E-state index is 12.4. The minimum atomic E-state index is -3.84. The molecule has 0 saturated heterocycles. The Kier molecular flexibility index (Phi) is 4.45. The van der Waals surface area contributed by atoms with Gasteiger partial charge in [0.2, 0.25) is 11.0 Å². The highest BCUT2D eigenvalue weighted by Crippen LogP contribution is 2.26. The molecule has 21 heavy (non-hydrogen) atoms. The third kappa shape index (κ3) is 3.49. The van der Waals surface area contributed by atoms with Gasteiger partial charge in [0.15, 0.2) is 0 Å². The van der Waals surface area contributed by atoms with Crippen molar-refractivity contribution >= 4 is 49.7 Å². The zero-order valence-electron chi connectivity index (χ0n) is 11.1. The van der Waals surface area contributed by atoms with Crippen LogP contribution in [0.1, 0.15) is 6.92 Å². The van der Waals surface area contributed by atoms with Gasteiger partial charge in [-0.05, 0) is 24.3 Å². The molecular weight excluding hydrogens is 336 g/mol. The molecule has 2 rings (SSSR count). The summed E-state index contributed by atoms with van der Waals surface area (Å²) in [5, 5.41) is 10.3. The van der Waals surface area contributed by atoms with E-state index in [4.69, 9.17) is 11.6 Å². The van der Waals surface area contributed by atoms with Crippen LogP contribution < -0.4 is 9.62 Å². The Bertz CT molecular complexity index is 758. The van der Waals surface area contributed by atoms with Gasteiger partial charge in [-0.3, -0.25) is 9.10 Å². The number of rotatable bonds is 4. The average molecular weight is 347 g/mol. The summed E-state index contributed by atoms with van der Waals surface area (Å²) in [6.07, 6.45) is 0. The molecule has 0 atom stereocenters. The Morgan fingerprint density at radius 3 is 2.48 bits per heavy atom. The fourth-order valence-corrected chi connectivity index (χ4v) is 3.84. The summed E-state index contributed by atoms with van der Waals surface area (Å²) < 4.78 is 25.7. The van der Waals surface area contributed by atoms with Crippen LogP contribution in [0.2, 0.25) is 5.02 Å². The van der Waals surface area contributed by atoms with Gasteiger partial charge in [0.25, 0.3) is 14.4 Å². The highest BCUT2D eigenvalue weighted by Gasteiger charge is 2.26. The van der Waals surface area contributed by atoms with Crippen LogP contribution in [0, 0.1) is 0 Å². The molecule has 0 saturated carbocycles. The molecule has 1 amide bonds. The van der Waals surface area contributed by atoms with E-state index in [0.717, 1.165) is 15.6 Å². The number of amides is 1. The first-order chi connectivity index (χ1) is 9.80. The molecule has 0 aliphatic carbocycles. The predicted molar refractivity (Wildman–Crippen MR) is 81.3 cm³/mol. The van der Waals surface area contributed by atoms with Gasteiger partial charge in [0.05, 0.1) is 5.69 Å². The van der Waals surface area contributed by atoms with Crippen LogP contribution in [0.5, 0.6) is 0 Å². The topological polar surface area (TPSA) is 92.3 Å². The highest BCUT2D eigenvalue weighted by atomic mass is 35.5. The lowest BCUT2D eigenvalue weighted by atomic mass is 10.3. The molecular formula is C11H11ClN4O3S2. The van der Waals surface area contributed by atoms with Gasteiger partial charge >= 0.3 is 0 Å². The summed E-state index contributed by atoms with van der Waals surface area (Å²) in [5.41, 5.74) is 0.440. The van der Waals surface area contributed by atoms with Crippen molar-refractivity contribution in [1.82, 2.24) is 10.2 Å². The Hall–Kier alpha value is -1.71. The van der Waals surface area contributed by atoms with Crippen molar-refractivity contribution < 1.29 is 13.2 Å². The van der Waals surface area contributed by atoms with Crippen LogP contribution in [-0.4, -0.2) is 31.6 Å². The molecule has 0 bridgehead atoms. The number of nitrogens with one attached hydrogen (secondary N) is 1. The predicted octanol–water partition coefficient (Wildman–Crippen LogP) is 1.98. The number of anilines is 2. The zero-order chi connectivity index (χ0) is 15.6. The van der Waals surface area contributed by atoms with Gasteiger partial charge < -0.3 is 5.32 Å². The van der Waals surface area contributed by atoms with Gasteiger partial charge in [0.1, 0.15) is 0 Å². The molecule has 1 aromatic heterocycles. The molecule has 7 nitrogen and oxygen atoms in total. The van der Waals surface area contributed by atoms with Crippen LogP contribution in [0.4, 0.5) is 10.8 Å². The Morgan fingerprint density at radius 2 is 1.90 bits per heavy atom. The summed E-state index contributed by atoms with van der Waals surface area (Å²) in [4.78, 5) is 10.9. The summed E-state index contributed by atoms with van der Waals surface area (Å²) in [7, 11) is -2.44. The first-order valence-electron chi connectivity index (χ1n) is 5.66. The van der Waals surface area contributed by atoms with Crippen molar-refractivity contribution in [2.45, 2.75) is 11.3 Å². The molecule has 0 radical (unpaired) electrons. The minimum Gasteiger partial charge on any atom is -0.301 e. The number of aromatic nitrogens is 2. The quantitative estimate of drug-likeness (QED) is 0.854. The third-order valence-electron chi connectivity index (χ3n) is 2.46. The fraction of sp³-hybridized carbons (Fsp3) is 0.182. The average Bonchev–Trinajstić information content (AvgIpc) is 2.87. The first-order valence-corrected chi connectivity index (χ1v) is 8.30. The molecule has 112 valence electrons. The minimum absolute atomic E-state index is 0.130. The Morgan fingerprint density at radius 1 is 1.29 bits per heavy atom. The number of carbonyl (C=O) groups is 1. The number of nitrogens with zero attached hydrogens (tertiary/aromatic N) is 3. The van der Waals surface area contributed by atoms with Crippen molar-refractivity contribution in [3.8, 4) is 0 Å². The molecule has 0 aliphatic rings. The summed E-state index contributed by atoms with van der Waals surface area (Å²) in [5.74, 6) is -0.346. The van der Waals surface area contributed by atoms with E-state index in [1.54, 1.807) is 24.3 Å². The van der Waals surface area contributed by atoms with E-state index in [2.05, 4.69) is 15.5 Å². The van der Waals surface area contributed by atoms with Crippen molar-refractivity contribution in [1.29, 1.82) is 0 Å². The molecule has 0 unspecified atom stereocenters. The number of carbonyl (C=O) groups excluding carboxylic acids is 1. The molecule has 0 fully saturated rings. The highest BCUT2D eigenvalue weighted by molar-refractivity contribution is 7.94. The third-order valence-corrected chi connectivity index (χ3v) is 5.68. The van der Waals surface area contributed by atoms with Gasteiger partial charge in [-0.15, -0.1) is 10.2 Å². The number of halogens is 1. The maximum atomic E-state index is 12.4. The standard InChI is InChI=1S/C11H11ClN4O3S2/c1-7(17)13-10-14-15-11(20-10)21(18,19)16(2)9-5-3-8(12)4-6-9/h3-6H,1-2H3,(H,13,14,17). The van der Waals surface area contributed by atoms with E-state index < -0.39 is 10.0 Å². The first kappa shape index (κ1) is 15.7. The molecule has 1 N–H and O–H groups in total. The van der Waals surface area contributed by atoms with Crippen LogP contribution in [0.25, 0.3) is 0 Å². The van der Waals surface area contributed by atoms with E-state index >= 15 is 0 Å². The molecule has 0 spiro atoms. The van der Waals surface area contributed by atoms with Crippen molar-refractivity contribution in [2.75, 3.05) is 16.7 Å². The smallest absolute Gasteiger partial charge is 0.293 e. The lowest BCUT2D eigenvalue weighted by Gasteiger charge is -2.17. The SMILES string of the molecule is CC(=O)Nc1nnc(S(=O)(=O)N(C)c2ccc(Cl)cc2)s1. The van der Waals surface area contributed by atoms with E-state index in [1.165, 1.54) is 14.0 Å². The molecule has 10 heteroatoms. The largest absolute Gasteiger partial charge is 0.301 e. The zero-order valence-corrected chi connectivity index (χ0v) is 13.5. The summed E-state index contributed by atoms with van der Waals surface area (Å²) in [6, 6.07) is 6.34. The van der Waals surface area contributed by atoms with Crippen LogP contribution in [-0.2, 0) is 14.8 Å². The normalized spacial score (nSPS) is 11.2. The molecule has 0 aliphatic heterocycles. The Balaban J connectivity index is 2.30. The van der Waals surface area contributed by atoms with E-state index in [0.29, 0.717) is 10.7 Å². The van der Waals surface area contributed by atoms with Crippen molar-refractivity contribution in [2.24, 2.45) is 0 Å². The summed E-state index contributed by atoms with van der Waals surface area (Å²) in [6.45, 7) is 1.30. The fourth-order valence-electron chi connectivity index (χ4n) is 1.42. The van der Waals surface area contributed by atoms with Gasteiger partial charge in [-0.1, -0.05) is 22.9 Å². The van der Waals surface area contributed by atoms with Gasteiger partial charge in [-0.25, -0.2) is 0 Å². The van der Waals surface area contributed by atoms with Crippen molar-refractivity contribution in [3.05, 3.63) is 29.3 Å². The molecule has 2 aromatic rings. The lowest BCUT2D eigenvalue weighted by molar-refractivity contribution is -0.114. The monoisotopic (exact) mass is 346 g/mol.